The molecule has 0 aromatic heterocycles. The molecular formula is C28H35N3O5. The standard InChI is InChI=1S/C28H35N3O5/c1-19-5-6-20(2)23(15-19)24-17-25(22-8-7-21(33-3)16-26(22)34-4)31(29-24)27(32)18-30-11-9-28(10-12-30)35-13-14-36-28/h5-8,15-16,25H,9-14,17-18H2,1-4H3/t25-/m1/s1. The van der Waals surface area contributed by atoms with Crippen molar-refractivity contribution in [3.05, 3.63) is 58.7 Å². The number of rotatable bonds is 6. The minimum atomic E-state index is -0.458. The Balaban J connectivity index is 1.41. The molecule has 3 heterocycles. The molecule has 1 atom stereocenters. The first kappa shape index (κ1) is 24.7. The summed E-state index contributed by atoms with van der Waals surface area (Å²) in [4.78, 5) is 15.9. The van der Waals surface area contributed by atoms with Gasteiger partial charge in [0.1, 0.15) is 11.5 Å². The summed E-state index contributed by atoms with van der Waals surface area (Å²) in [6.45, 7) is 7.26. The van der Waals surface area contributed by atoms with E-state index in [1.54, 1.807) is 19.2 Å². The zero-order valence-electron chi connectivity index (χ0n) is 21.6. The number of hydrogen-bond donors (Lipinski definition) is 0. The average Bonchev–Trinajstić information content (AvgIpc) is 3.54. The molecule has 0 unspecified atom stereocenters. The second-order valence-corrected chi connectivity index (χ2v) is 9.81. The van der Waals surface area contributed by atoms with Crippen molar-refractivity contribution in [3.63, 3.8) is 0 Å². The third-order valence-corrected chi connectivity index (χ3v) is 7.46. The van der Waals surface area contributed by atoms with Crippen LogP contribution >= 0.6 is 0 Å². The van der Waals surface area contributed by atoms with Crippen molar-refractivity contribution in [1.29, 1.82) is 0 Å². The first-order valence-electron chi connectivity index (χ1n) is 12.6. The number of hydrazone groups is 1. The Bertz CT molecular complexity index is 1150. The van der Waals surface area contributed by atoms with E-state index in [4.69, 9.17) is 24.0 Å². The number of aryl methyl sites for hydroxylation is 2. The Morgan fingerprint density at radius 3 is 2.50 bits per heavy atom. The van der Waals surface area contributed by atoms with Crippen LogP contribution in [0.15, 0.2) is 41.5 Å². The van der Waals surface area contributed by atoms with Crippen LogP contribution in [0, 0.1) is 13.8 Å². The summed E-state index contributed by atoms with van der Waals surface area (Å²) in [6, 6.07) is 11.8. The van der Waals surface area contributed by atoms with Crippen molar-refractivity contribution in [3.8, 4) is 11.5 Å². The molecule has 3 aliphatic heterocycles. The summed E-state index contributed by atoms with van der Waals surface area (Å²) in [6.07, 6.45) is 2.16. The van der Waals surface area contributed by atoms with E-state index in [1.165, 1.54) is 5.56 Å². The van der Waals surface area contributed by atoms with Crippen LogP contribution < -0.4 is 9.47 Å². The smallest absolute Gasteiger partial charge is 0.257 e. The van der Waals surface area contributed by atoms with Crippen LogP contribution in [0.2, 0.25) is 0 Å². The van der Waals surface area contributed by atoms with Gasteiger partial charge < -0.3 is 18.9 Å². The molecule has 2 aromatic carbocycles. The van der Waals surface area contributed by atoms with Gasteiger partial charge in [0.15, 0.2) is 5.79 Å². The number of likely N-dealkylation sites (tertiary alicyclic amines) is 1. The first-order chi connectivity index (χ1) is 17.4. The molecule has 0 bridgehead atoms. The molecule has 2 aromatic rings. The highest BCUT2D eigenvalue weighted by Gasteiger charge is 2.41. The lowest BCUT2D eigenvalue weighted by atomic mass is 9.94. The average molecular weight is 494 g/mol. The molecule has 0 saturated carbocycles. The molecular weight excluding hydrogens is 458 g/mol. The van der Waals surface area contributed by atoms with E-state index in [9.17, 15) is 4.79 Å². The number of carbonyl (C=O) groups is 1. The maximum absolute atomic E-state index is 13.7. The van der Waals surface area contributed by atoms with Gasteiger partial charge in [-0.2, -0.15) is 5.10 Å². The van der Waals surface area contributed by atoms with E-state index in [1.807, 2.05) is 18.2 Å². The summed E-state index contributed by atoms with van der Waals surface area (Å²) in [5.41, 5.74) is 5.23. The van der Waals surface area contributed by atoms with Crippen LogP contribution in [-0.4, -0.2) is 74.4 Å². The number of amides is 1. The zero-order valence-corrected chi connectivity index (χ0v) is 21.6. The number of carbonyl (C=O) groups excluding carboxylic acids is 1. The molecule has 192 valence electrons. The molecule has 8 heteroatoms. The lowest BCUT2D eigenvalue weighted by Crippen LogP contribution is -2.48. The van der Waals surface area contributed by atoms with Gasteiger partial charge >= 0.3 is 0 Å². The predicted octanol–water partition coefficient (Wildman–Crippen LogP) is 3.84. The number of hydrogen-bond acceptors (Lipinski definition) is 7. The molecule has 8 nitrogen and oxygen atoms in total. The fourth-order valence-corrected chi connectivity index (χ4v) is 5.39. The number of ether oxygens (including phenoxy) is 4. The molecule has 2 saturated heterocycles. The molecule has 0 radical (unpaired) electrons. The highest BCUT2D eigenvalue weighted by Crippen LogP contribution is 2.40. The molecule has 5 rings (SSSR count). The summed E-state index contributed by atoms with van der Waals surface area (Å²) >= 11 is 0. The molecule has 3 aliphatic rings. The maximum Gasteiger partial charge on any atom is 0.257 e. The SMILES string of the molecule is COc1ccc([C@H]2CC(c3cc(C)ccc3C)=NN2C(=O)CN2CCC3(CC2)OCCO3)c(OC)c1. The van der Waals surface area contributed by atoms with Gasteiger partial charge in [-0.1, -0.05) is 17.7 Å². The molecule has 2 fully saturated rings. The van der Waals surface area contributed by atoms with Crippen LogP contribution in [0.3, 0.4) is 0 Å². The minimum Gasteiger partial charge on any atom is -0.497 e. The topological polar surface area (TPSA) is 72.8 Å². The third kappa shape index (κ3) is 4.85. The lowest BCUT2D eigenvalue weighted by Gasteiger charge is -2.37. The Morgan fingerprint density at radius 1 is 1.06 bits per heavy atom. The maximum atomic E-state index is 13.7. The van der Waals surface area contributed by atoms with Gasteiger partial charge in [-0.15, -0.1) is 0 Å². The van der Waals surface area contributed by atoms with Crippen LogP contribution in [0.5, 0.6) is 11.5 Å². The van der Waals surface area contributed by atoms with Crippen molar-refractivity contribution >= 4 is 11.6 Å². The second-order valence-electron chi connectivity index (χ2n) is 9.81. The van der Waals surface area contributed by atoms with Gasteiger partial charge in [-0.3, -0.25) is 9.69 Å². The van der Waals surface area contributed by atoms with Crippen molar-refractivity contribution in [2.75, 3.05) is 47.1 Å². The van der Waals surface area contributed by atoms with Gasteiger partial charge in [-0.25, -0.2) is 5.01 Å². The van der Waals surface area contributed by atoms with Crippen LogP contribution in [0.1, 0.15) is 47.6 Å². The van der Waals surface area contributed by atoms with Gasteiger partial charge in [0.05, 0.1) is 45.7 Å². The quantitative estimate of drug-likeness (QED) is 0.609. The predicted molar refractivity (Wildman–Crippen MR) is 137 cm³/mol. The molecule has 0 N–H and O–H groups in total. The fraction of sp³-hybridized carbons (Fsp3) is 0.500. The van der Waals surface area contributed by atoms with Crippen LogP contribution in [-0.2, 0) is 14.3 Å². The second kappa shape index (κ2) is 10.2. The van der Waals surface area contributed by atoms with E-state index in [0.717, 1.165) is 48.3 Å². The first-order valence-corrected chi connectivity index (χ1v) is 12.6. The van der Waals surface area contributed by atoms with E-state index in [-0.39, 0.29) is 11.9 Å². The monoisotopic (exact) mass is 493 g/mol. The van der Waals surface area contributed by atoms with E-state index < -0.39 is 5.79 Å². The van der Waals surface area contributed by atoms with Crippen LogP contribution in [0.4, 0.5) is 0 Å². The number of nitrogens with zero attached hydrogens (tertiary/aromatic N) is 3. The summed E-state index contributed by atoms with van der Waals surface area (Å²) < 4.78 is 22.8. The summed E-state index contributed by atoms with van der Waals surface area (Å²) in [7, 11) is 3.27. The van der Waals surface area contributed by atoms with E-state index in [0.29, 0.717) is 37.7 Å². The molecule has 1 amide bonds. The Hall–Kier alpha value is -2.94. The van der Waals surface area contributed by atoms with Gasteiger partial charge in [0.2, 0.25) is 0 Å². The van der Waals surface area contributed by atoms with Gasteiger partial charge in [0, 0.05) is 49.5 Å². The largest absolute Gasteiger partial charge is 0.497 e. The molecule has 1 spiro atoms. The number of benzene rings is 2. The highest BCUT2D eigenvalue weighted by molar-refractivity contribution is 6.04. The van der Waals surface area contributed by atoms with Crippen LogP contribution in [0.25, 0.3) is 0 Å². The number of methoxy groups -OCH3 is 2. The summed E-state index contributed by atoms with van der Waals surface area (Å²) in [5.74, 6) is 0.911. The molecule has 0 aliphatic carbocycles. The van der Waals surface area contributed by atoms with E-state index >= 15 is 0 Å². The highest BCUT2D eigenvalue weighted by atomic mass is 16.7. The Labute approximate surface area is 212 Å². The normalized spacial score (nSPS) is 21.6. The third-order valence-electron chi connectivity index (χ3n) is 7.46. The fourth-order valence-electron chi connectivity index (χ4n) is 5.39. The lowest BCUT2D eigenvalue weighted by molar-refractivity contribution is -0.186. The van der Waals surface area contributed by atoms with Gasteiger partial charge in [-0.05, 0) is 37.6 Å². The molecule has 36 heavy (non-hydrogen) atoms. The Kier molecular flexibility index (Phi) is 7.01. The summed E-state index contributed by atoms with van der Waals surface area (Å²) in [5, 5.41) is 6.57. The van der Waals surface area contributed by atoms with E-state index in [2.05, 4.69) is 36.9 Å². The zero-order chi connectivity index (χ0) is 25.3. The van der Waals surface area contributed by atoms with Gasteiger partial charge in [0.25, 0.3) is 5.91 Å². The van der Waals surface area contributed by atoms with Crippen molar-refractivity contribution < 1.29 is 23.7 Å². The Morgan fingerprint density at radius 2 is 1.81 bits per heavy atom. The van der Waals surface area contributed by atoms with Crippen molar-refractivity contribution in [1.82, 2.24) is 9.91 Å². The minimum absolute atomic E-state index is 0.0256. The van der Waals surface area contributed by atoms with Crippen molar-refractivity contribution in [2.45, 2.75) is 44.9 Å². The van der Waals surface area contributed by atoms with Crippen molar-refractivity contribution in [2.24, 2.45) is 5.10 Å². The number of piperidine rings is 1.